The van der Waals surface area contributed by atoms with E-state index in [9.17, 15) is 18.0 Å². The predicted molar refractivity (Wildman–Crippen MR) is 164 cm³/mol. The average Bonchev–Trinajstić information content (AvgIpc) is 3.27. The number of carbonyl (C=O) groups is 2. The van der Waals surface area contributed by atoms with E-state index in [4.69, 9.17) is 10.5 Å². The van der Waals surface area contributed by atoms with Crippen LogP contribution in [0.3, 0.4) is 0 Å². The van der Waals surface area contributed by atoms with Crippen LogP contribution in [-0.2, 0) is 21.2 Å². The van der Waals surface area contributed by atoms with Crippen LogP contribution < -0.4 is 31.1 Å². The van der Waals surface area contributed by atoms with Gasteiger partial charge in [0, 0.05) is 36.7 Å². The molecule has 0 saturated heterocycles. The van der Waals surface area contributed by atoms with Crippen LogP contribution in [0.4, 0.5) is 0 Å². The second-order valence-electron chi connectivity index (χ2n) is 11.4. The molecule has 0 saturated carbocycles. The minimum atomic E-state index is -4.02. The fraction of sp³-hybridized carbons (Fsp3) is 0.500. The lowest BCUT2D eigenvalue weighted by molar-refractivity contribution is -0.123. The van der Waals surface area contributed by atoms with Crippen molar-refractivity contribution in [3.8, 4) is 5.75 Å². The van der Waals surface area contributed by atoms with Gasteiger partial charge in [0.05, 0.1) is 4.90 Å². The molecular weight excluding hydrogens is 556 g/mol. The van der Waals surface area contributed by atoms with Crippen LogP contribution in [-0.4, -0.2) is 64.0 Å². The highest BCUT2D eigenvalue weighted by molar-refractivity contribution is 7.90. The van der Waals surface area contributed by atoms with E-state index in [1.165, 1.54) is 0 Å². The van der Waals surface area contributed by atoms with Crippen LogP contribution in [0.15, 0.2) is 40.2 Å². The van der Waals surface area contributed by atoms with E-state index < -0.39 is 21.7 Å². The van der Waals surface area contributed by atoms with Gasteiger partial charge in [-0.25, -0.2) is 13.1 Å². The lowest BCUT2D eigenvalue weighted by Crippen LogP contribution is -2.49. The number of hydrogen-bond donors (Lipinski definition) is 5. The number of hydrogen-bond acceptors (Lipinski definition) is 7. The summed E-state index contributed by atoms with van der Waals surface area (Å²) >= 11 is 0. The second kappa shape index (κ2) is 13.6. The fourth-order valence-electron chi connectivity index (χ4n) is 4.94. The van der Waals surface area contributed by atoms with Crippen molar-refractivity contribution in [2.24, 2.45) is 10.7 Å². The molecule has 1 aliphatic heterocycles. The van der Waals surface area contributed by atoms with Gasteiger partial charge in [-0.3, -0.25) is 14.6 Å². The summed E-state index contributed by atoms with van der Waals surface area (Å²) in [6.07, 6.45) is 1.25. The summed E-state index contributed by atoms with van der Waals surface area (Å²) in [5.41, 5.74) is 8.92. The number of aliphatic imine (C=N–C) groups is 1. The molecule has 0 spiro atoms. The van der Waals surface area contributed by atoms with Gasteiger partial charge >= 0.3 is 0 Å². The molecule has 1 heterocycles. The van der Waals surface area contributed by atoms with Gasteiger partial charge in [0.1, 0.15) is 17.4 Å². The van der Waals surface area contributed by atoms with E-state index in [-0.39, 0.29) is 41.7 Å². The molecule has 0 aliphatic carbocycles. The third-order valence-electron chi connectivity index (χ3n) is 7.47. The van der Waals surface area contributed by atoms with Crippen molar-refractivity contribution in [2.75, 3.05) is 20.1 Å². The highest BCUT2D eigenvalue weighted by Gasteiger charge is 2.36. The molecule has 2 atom stereocenters. The Bertz CT molecular complexity index is 1440. The summed E-state index contributed by atoms with van der Waals surface area (Å²) in [6, 6.07) is 7.89. The summed E-state index contributed by atoms with van der Waals surface area (Å²) in [5.74, 6) is -0.184. The minimum absolute atomic E-state index is 0.0533. The minimum Gasteiger partial charge on any atom is -0.487 e. The highest BCUT2D eigenvalue weighted by atomic mass is 32.2. The van der Waals surface area contributed by atoms with Crippen molar-refractivity contribution in [3.05, 3.63) is 58.1 Å². The first-order chi connectivity index (χ1) is 19.7. The quantitative estimate of drug-likeness (QED) is 0.142. The van der Waals surface area contributed by atoms with Crippen molar-refractivity contribution in [1.82, 2.24) is 20.7 Å². The molecule has 11 nitrogen and oxygen atoms in total. The molecule has 230 valence electrons. The maximum Gasteiger partial charge on any atom is 0.264 e. The number of ether oxygens (including phenoxy) is 1. The summed E-state index contributed by atoms with van der Waals surface area (Å²) in [6.45, 7) is 11.8. The van der Waals surface area contributed by atoms with E-state index in [0.29, 0.717) is 36.1 Å². The number of nitrogens with zero attached hydrogens (tertiary/aromatic N) is 1. The monoisotopic (exact) mass is 600 g/mol. The SMILES string of the molecule is CNC(C)CNC(=O)[C@@H](CCCN=C(N)NS(=O)(=O)c1c(C)c(C)c2c(c1C)CC(C)(C)O2)NC(=O)c1ccccc1. The topological polar surface area (TPSA) is 164 Å². The Labute approximate surface area is 249 Å². The van der Waals surface area contributed by atoms with Gasteiger partial charge in [-0.05, 0) is 90.3 Å². The molecule has 0 fully saturated rings. The fourth-order valence-corrected chi connectivity index (χ4v) is 6.47. The van der Waals surface area contributed by atoms with Crippen LogP contribution >= 0.6 is 0 Å². The maximum atomic E-state index is 13.4. The number of benzene rings is 2. The summed E-state index contributed by atoms with van der Waals surface area (Å²) < 4.78 is 35.3. The van der Waals surface area contributed by atoms with Gasteiger partial charge in [0.2, 0.25) is 11.9 Å². The van der Waals surface area contributed by atoms with E-state index in [1.54, 1.807) is 51.2 Å². The smallest absolute Gasteiger partial charge is 0.264 e. The van der Waals surface area contributed by atoms with Crippen LogP contribution in [0.1, 0.15) is 66.2 Å². The van der Waals surface area contributed by atoms with Crippen molar-refractivity contribution in [2.45, 2.75) is 83.4 Å². The van der Waals surface area contributed by atoms with Crippen molar-refractivity contribution >= 4 is 27.8 Å². The van der Waals surface area contributed by atoms with Gasteiger partial charge in [0.25, 0.3) is 15.9 Å². The van der Waals surface area contributed by atoms with Crippen molar-refractivity contribution in [1.29, 1.82) is 0 Å². The Morgan fingerprint density at radius 1 is 1.10 bits per heavy atom. The second-order valence-corrected chi connectivity index (χ2v) is 13.0. The number of nitrogens with one attached hydrogen (secondary N) is 4. The summed E-state index contributed by atoms with van der Waals surface area (Å²) in [5, 5.41) is 8.69. The number of amides is 2. The third kappa shape index (κ3) is 8.01. The number of fused-ring (bicyclic) bond motifs is 1. The molecule has 2 aromatic rings. The number of rotatable bonds is 12. The molecule has 6 N–H and O–H groups in total. The van der Waals surface area contributed by atoms with Gasteiger partial charge < -0.3 is 26.4 Å². The molecule has 42 heavy (non-hydrogen) atoms. The molecule has 2 aromatic carbocycles. The number of sulfonamides is 1. The van der Waals surface area contributed by atoms with Gasteiger partial charge in [-0.1, -0.05) is 18.2 Å². The average molecular weight is 601 g/mol. The largest absolute Gasteiger partial charge is 0.487 e. The van der Waals surface area contributed by atoms with Gasteiger partial charge in [-0.2, -0.15) is 0 Å². The van der Waals surface area contributed by atoms with Crippen molar-refractivity contribution < 1.29 is 22.7 Å². The Kier molecular flexibility index (Phi) is 10.6. The Morgan fingerprint density at radius 2 is 1.76 bits per heavy atom. The molecular formula is C30H44N6O5S. The zero-order valence-electron chi connectivity index (χ0n) is 25.6. The third-order valence-corrected chi connectivity index (χ3v) is 9.09. The van der Waals surface area contributed by atoms with E-state index in [0.717, 1.165) is 16.9 Å². The van der Waals surface area contributed by atoms with E-state index >= 15 is 0 Å². The highest BCUT2D eigenvalue weighted by Crippen LogP contribution is 2.43. The normalized spacial score (nSPS) is 15.7. The zero-order valence-corrected chi connectivity index (χ0v) is 26.4. The lowest BCUT2D eigenvalue weighted by atomic mass is 9.94. The molecule has 12 heteroatoms. The molecule has 2 amide bonds. The molecule has 1 aliphatic rings. The van der Waals surface area contributed by atoms with Crippen LogP contribution in [0.5, 0.6) is 5.75 Å². The Morgan fingerprint density at radius 3 is 2.40 bits per heavy atom. The number of guanidine groups is 1. The maximum absolute atomic E-state index is 13.4. The Balaban J connectivity index is 1.68. The molecule has 1 unspecified atom stereocenters. The molecule has 3 rings (SSSR count). The first-order valence-electron chi connectivity index (χ1n) is 14.1. The van der Waals surface area contributed by atoms with Crippen molar-refractivity contribution in [3.63, 3.8) is 0 Å². The summed E-state index contributed by atoms with van der Waals surface area (Å²) in [7, 11) is -2.23. The molecule has 0 aromatic heterocycles. The lowest BCUT2D eigenvalue weighted by Gasteiger charge is -2.20. The molecule has 0 bridgehead atoms. The number of likely N-dealkylation sites (N-methyl/N-ethyl adjacent to an activating group) is 1. The standard InChI is InChI=1S/C30H44N6O5S/c1-18(32-7)17-34-28(38)24(35-27(37)22-12-9-8-10-13-22)14-11-15-33-29(31)36-42(39,40)26-20(3)19(2)25-23(21(26)4)16-30(5,6)41-25/h8-10,12-13,18,24,32H,11,14-17H2,1-7H3,(H,34,38)(H,35,37)(H3,31,33,36)/t18?,24-/m1/s1. The van der Waals surface area contributed by atoms with E-state index in [1.807, 2.05) is 27.7 Å². The van der Waals surface area contributed by atoms with Crippen LogP contribution in [0.25, 0.3) is 0 Å². The zero-order chi connectivity index (χ0) is 31.2. The first-order valence-corrected chi connectivity index (χ1v) is 15.6. The van der Waals surface area contributed by atoms with Crippen LogP contribution in [0, 0.1) is 20.8 Å². The molecule has 0 radical (unpaired) electrons. The van der Waals surface area contributed by atoms with Gasteiger partial charge in [-0.15, -0.1) is 0 Å². The number of nitrogens with two attached hydrogens (primary N) is 1. The summed E-state index contributed by atoms with van der Waals surface area (Å²) in [4.78, 5) is 30.0. The number of carbonyl (C=O) groups excluding carboxylic acids is 2. The van der Waals surface area contributed by atoms with Gasteiger partial charge in [0.15, 0.2) is 0 Å². The Hall–Kier alpha value is -3.64. The van der Waals surface area contributed by atoms with Crippen LogP contribution in [0.2, 0.25) is 0 Å². The van der Waals surface area contributed by atoms with E-state index in [2.05, 4.69) is 25.7 Å². The predicted octanol–water partition coefficient (Wildman–Crippen LogP) is 2.22. The first kappa shape index (κ1) is 32.9.